The highest BCUT2D eigenvalue weighted by molar-refractivity contribution is 5.93. The molecule has 0 saturated carbocycles. The Labute approximate surface area is 110 Å². The number of anilines is 1. The standard InChI is InChI=1S/C13H14N4O2/c1-17(2)13-15-11(19-16-13)8-5-9-3-6-10(7-4-9)12(14)18/h3-8H,1-2H3,(H2,14,18)/b8-5+. The SMILES string of the molecule is CN(C)c1noc(/C=C/c2ccc(C(N)=O)cc2)n1. The molecule has 98 valence electrons. The van der Waals surface area contributed by atoms with Crippen molar-refractivity contribution in [3.63, 3.8) is 0 Å². The van der Waals surface area contributed by atoms with Gasteiger partial charge in [0.2, 0.25) is 5.91 Å². The Bertz CT molecular complexity index is 599. The van der Waals surface area contributed by atoms with Crippen LogP contribution in [-0.4, -0.2) is 30.1 Å². The van der Waals surface area contributed by atoms with Gasteiger partial charge < -0.3 is 15.2 Å². The average Bonchev–Trinajstić information content (AvgIpc) is 2.86. The van der Waals surface area contributed by atoms with Crippen LogP contribution in [-0.2, 0) is 0 Å². The van der Waals surface area contributed by atoms with Crippen molar-refractivity contribution in [2.24, 2.45) is 5.73 Å². The van der Waals surface area contributed by atoms with E-state index < -0.39 is 5.91 Å². The molecule has 0 aliphatic rings. The maximum absolute atomic E-state index is 10.9. The molecule has 0 fully saturated rings. The lowest BCUT2D eigenvalue weighted by Gasteiger charge is -2.01. The van der Waals surface area contributed by atoms with Crippen molar-refractivity contribution in [1.29, 1.82) is 0 Å². The number of carbonyl (C=O) groups is 1. The van der Waals surface area contributed by atoms with Crippen LogP contribution < -0.4 is 10.6 Å². The summed E-state index contributed by atoms with van der Waals surface area (Å²) in [6.07, 6.45) is 3.52. The van der Waals surface area contributed by atoms with Crippen molar-refractivity contribution < 1.29 is 9.32 Å². The number of primary amides is 1. The van der Waals surface area contributed by atoms with E-state index in [-0.39, 0.29) is 0 Å². The lowest BCUT2D eigenvalue weighted by atomic mass is 10.1. The number of benzene rings is 1. The predicted molar refractivity (Wildman–Crippen MR) is 72.5 cm³/mol. The molecule has 0 aliphatic heterocycles. The highest BCUT2D eigenvalue weighted by atomic mass is 16.5. The average molecular weight is 258 g/mol. The number of hydrogen-bond acceptors (Lipinski definition) is 5. The Balaban J connectivity index is 2.11. The highest BCUT2D eigenvalue weighted by Gasteiger charge is 2.04. The largest absolute Gasteiger partial charge is 0.366 e. The van der Waals surface area contributed by atoms with Crippen LogP contribution >= 0.6 is 0 Å². The minimum Gasteiger partial charge on any atom is -0.366 e. The molecule has 2 N–H and O–H groups in total. The maximum atomic E-state index is 10.9. The van der Waals surface area contributed by atoms with E-state index in [2.05, 4.69) is 10.1 Å². The number of aromatic nitrogens is 2. The molecule has 1 amide bonds. The molecular weight excluding hydrogens is 244 g/mol. The third-order valence-electron chi connectivity index (χ3n) is 2.44. The second kappa shape index (κ2) is 5.34. The quantitative estimate of drug-likeness (QED) is 0.896. The van der Waals surface area contributed by atoms with E-state index in [1.165, 1.54) is 0 Å². The molecule has 1 aromatic carbocycles. The van der Waals surface area contributed by atoms with E-state index in [0.717, 1.165) is 5.56 Å². The summed E-state index contributed by atoms with van der Waals surface area (Å²) in [7, 11) is 3.67. The van der Waals surface area contributed by atoms with E-state index in [9.17, 15) is 4.79 Å². The van der Waals surface area contributed by atoms with Gasteiger partial charge >= 0.3 is 0 Å². The van der Waals surface area contributed by atoms with Gasteiger partial charge in [-0.1, -0.05) is 12.1 Å². The summed E-state index contributed by atoms with van der Waals surface area (Å²) in [4.78, 5) is 16.8. The summed E-state index contributed by atoms with van der Waals surface area (Å²) in [5, 5.41) is 3.79. The van der Waals surface area contributed by atoms with Crippen LogP contribution in [0.25, 0.3) is 12.2 Å². The molecule has 2 aromatic rings. The second-order valence-corrected chi connectivity index (χ2v) is 4.15. The van der Waals surface area contributed by atoms with Crippen molar-refractivity contribution >= 4 is 24.0 Å². The number of nitrogens with two attached hydrogens (primary N) is 1. The molecule has 0 unspecified atom stereocenters. The third kappa shape index (κ3) is 3.19. The van der Waals surface area contributed by atoms with Gasteiger partial charge in [0.25, 0.3) is 11.8 Å². The van der Waals surface area contributed by atoms with Gasteiger partial charge in [-0.3, -0.25) is 4.79 Å². The zero-order valence-corrected chi connectivity index (χ0v) is 10.7. The summed E-state index contributed by atoms with van der Waals surface area (Å²) in [5.74, 6) is 0.495. The lowest BCUT2D eigenvalue weighted by Crippen LogP contribution is -2.10. The monoisotopic (exact) mass is 258 g/mol. The number of hydrogen-bond donors (Lipinski definition) is 1. The summed E-state index contributed by atoms with van der Waals surface area (Å²) in [5.41, 5.74) is 6.55. The molecule has 0 spiro atoms. The van der Waals surface area contributed by atoms with Crippen molar-refractivity contribution in [3.8, 4) is 0 Å². The number of carbonyl (C=O) groups excluding carboxylic acids is 1. The van der Waals surface area contributed by atoms with Gasteiger partial charge in [0.05, 0.1) is 0 Å². The molecule has 2 rings (SSSR count). The first-order valence-corrected chi connectivity index (χ1v) is 5.65. The molecule has 19 heavy (non-hydrogen) atoms. The lowest BCUT2D eigenvalue weighted by molar-refractivity contribution is 0.100. The Morgan fingerprint density at radius 1 is 1.26 bits per heavy atom. The summed E-state index contributed by atoms with van der Waals surface area (Å²) in [6.45, 7) is 0. The van der Waals surface area contributed by atoms with Gasteiger partial charge in [-0.15, -0.1) is 0 Å². The van der Waals surface area contributed by atoms with Crippen molar-refractivity contribution in [1.82, 2.24) is 10.1 Å². The third-order valence-corrected chi connectivity index (χ3v) is 2.44. The Kier molecular flexibility index (Phi) is 3.61. The first-order valence-electron chi connectivity index (χ1n) is 5.65. The van der Waals surface area contributed by atoms with Gasteiger partial charge in [0.15, 0.2) is 0 Å². The number of nitrogens with zero attached hydrogens (tertiary/aromatic N) is 3. The van der Waals surface area contributed by atoms with Crippen LogP contribution in [0.1, 0.15) is 21.8 Å². The van der Waals surface area contributed by atoms with E-state index in [0.29, 0.717) is 17.4 Å². The Hall–Kier alpha value is -2.63. The van der Waals surface area contributed by atoms with Crippen LogP contribution in [0.2, 0.25) is 0 Å². The van der Waals surface area contributed by atoms with E-state index >= 15 is 0 Å². The summed E-state index contributed by atoms with van der Waals surface area (Å²) in [6, 6.07) is 6.92. The number of rotatable bonds is 4. The Morgan fingerprint density at radius 2 is 1.95 bits per heavy atom. The van der Waals surface area contributed by atoms with Crippen LogP contribution in [0.3, 0.4) is 0 Å². The fraction of sp³-hybridized carbons (Fsp3) is 0.154. The second-order valence-electron chi connectivity index (χ2n) is 4.15. The topological polar surface area (TPSA) is 85.3 Å². The van der Waals surface area contributed by atoms with Gasteiger partial charge in [-0.2, -0.15) is 4.98 Å². The molecule has 6 nitrogen and oxygen atoms in total. The minimum atomic E-state index is -0.442. The molecule has 1 heterocycles. The summed E-state index contributed by atoms with van der Waals surface area (Å²) >= 11 is 0. The van der Waals surface area contributed by atoms with Crippen LogP contribution in [0.5, 0.6) is 0 Å². The molecule has 0 saturated heterocycles. The molecular formula is C13H14N4O2. The van der Waals surface area contributed by atoms with Crippen LogP contribution in [0, 0.1) is 0 Å². The van der Waals surface area contributed by atoms with Gasteiger partial charge in [-0.25, -0.2) is 0 Å². The molecule has 0 radical (unpaired) electrons. The van der Waals surface area contributed by atoms with Crippen molar-refractivity contribution in [2.75, 3.05) is 19.0 Å². The molecule has 0 bridgehead atoms. The van der Waals surface area contributed by atoms with Gasteiger partial charge in [-0.05, 0) is 28.9 Å². The smallest absolute Gasteiger partial charge is 0.265 e. The Morgan fingerprint density at radius 3 is 2.47 bits per heavy atom. The van der Waals surface area contributed by atoms with E-state index in [4.69, 9.17) is 10.3 Å². The fourth-order valence-electron chi connectivity index (χ4n) is 1.40. The first-order chi connectivity index (χ1) is 9.06. The predicted octanol–water partition coefficient (Wildman–Crippen LogP) is 1.40. The molecule has 1 aromatic heterocycles. The zero-order valence-electron chi connectivity index (χ0n) is 10.7. The highest BCUT2D eigenvalue weighted by Crippen LogP contribution is 2.11. The van der Waals surface area contributed by atoms with E-state index in [1.807, 2.05) is 20.2 Å². The van der Waals surface area contributed by atoms with Gasteiger partial charge in [0, 0.05) is 25.7 Å². The number of amides is 1. The summed E-state index contributed by atoms with van der Waals surface area (Å²) < 4.78 is 5.05. The van der Waals surface area contributed by atoms with Crippen molar-refractivity contribution in [3.05, 3.63) is 41.3 Å². The molecule has 0 atom stereocenters. The minimum absolute atomic E-state index is 0.419. The fourth-order valence-corrected chi connectivity index (χ4v) is 1.40. The van der Waals surface area contributed by atoms with Crippen LogP contribution in [0.15, 0.2) is 28.8 Å². The zero-order chi connectivity index (χ0) is 13.8. The van der Waals surface area contributed by atoms with Gasteiger partial charge in [0.1, 0.15) is 0 Å². The van der Waals surface area contributed by atoms with E-state index in [1.54, 1.807) is 35.2 Å². The normalized spacial score (nSPS) is 10.8. The molecule has 0 aliphatic carbocycles. The van der Waals surface area contributed by atoms with Crippen molar-refractivity contribution in [2.45, 2.75) is 0 Å². The maximum Gasteiger partial charge on any atom is 0.265 e. The first kappa shape index (κ1) is 12.8. The van der Waals surface area contributed by atoms with Crippen LogP contribution in [0.4, 0.5) is 5.95 Å². The molecule has 6 heteroatoms.